The summed E-state index contributed by atoms with van der Waals surface area (Å²) in [6.07, 6.45) is 2.16. The molecule has 0 aliphatic carbocycles. The lowest BCUT2D eigenvalue weighted by atomic mass is 9.96. The Morgan fingerprint density at radius 1 is 1.26 bits per heavy atom. The molecule has 1 aromatic carbocycles. The number of carbonyl (C=O) groups is 1. The summed E-state index contributed by atoms with van der Waals surface area (Å²) < 4.78 is 5.42. The van der Waals surface area contributed by atoms with Crippen molar-refractivity contribution >= 4 is 17.1 Å². The molecule has 0 atom stereocenters. The summed E-state index contributed by atoms with van der Waals surface area (Å²) >= 11 is 0. The first-order chi connectivity index (χ1) is 13.2. The molecule has 0 radical (unpaired) electrons. The van der Waals surface area contributed by atoms with Gasteiger partial charge in [0.05, 0.1) is 30.8 Å². The van der Waals surface area contributed by atoms with Crippen LogP contribution in [-0.2, 0) is 11.3 Å². The van der Waals surface area contributed by atoms with Gasteiger partial charge in [-0.05, 0) is 37.3 Å². The molecule has 0 unspecified atom stereocenters. The third kappa shape index (κ3) is 4.42. The molecule has 2 amide bonds. The average Bonchev–Trinajstić information content (AvgIpc) is 3.12. The smallest absolute Gasteiger partial charge is 0.317 e. The molecule has 2 aliphatic heterocycles. The van der Waals surface area contributed by atoms with Crippen molar-refractivity contribution in [1.82, 2.24) is 25.1 Å². The number of morpholine rings is 1. The Hall–Kier alpha value is -2.12. The zero-order chi connectivity index (χ0) is 18.6. The summed E-state index contributed by atoms with van der Waals surface area (Å²) in [4.78, 5) is 24.8. The first-order valence-electron chi connectivity index (χ1n) is 9.96. The molecule has 2 aliphatic rings. The van der Waals surface area contributed by atoms with E-state index in [0.29, 0.717) is 12.5 Å². The van der Waals surface area contributed by atoms with Gasteiger partial charge in [-0.2, -0.15) is 0 Å². The van der Waals surface area contributed by atoms with Crippen molar-refractivity contribution < 1.29 is 9.53 Å². The van der Waals surface area contributed by atoms with E-state index in [-0.39, 0.29) is 6.03 Å². The number of ether oxygens (including phenoxy) is 1. The number of nitrogens with zero attached hydrogens (tertiary/aromatic N) is 3. The van der Waals surface area contributed by atoms with E-state index in [9.17, 15) is 4.79 Å². The lowest BCUT2D eigenvalue weighted by molar-refractivity contribution is 0.0258. The zero-order valence-electron chi connectivity index (χ0n) is 16.0. The number of urea groups is 1. The molecule has 7 nitrogen and oxygen atoms in total. The average molecular weight is 371 g/mol. The molecule has 146 valence electrons. The summed E-state index contributed by atoms with van der Waals surface area (Å²) in [5.74, 6) is 1.49. The summed E-state index contributed by atoms with van der Waals surface area (Å²) in [5.41, 5.74) is 3.14. The highest BCUT2D eigenvalue weighted by Crippen LogP contribution is 2.19. The number of amides is 2. The van der Waals surface area contributed by atoms with Gasteiger partial charge in [0.25, 0.3) is 0 Å². The second kappa shape index (κ2) is 8.27. The molecule has 0 saturated carbocycles. The third-order valence-corrected chi connectivity index (χ3v) is 5.69. The predicted molar refractivity (Wildman–Crippen MR) is 105 cm³/mol. The van der Waals surface area contributed by atoms with E-state index in [2.05, 4.69) is 20.2 Å². The van der Waals surface area contributed by atoms with Crippen LogP contribution in [0.15, 0.2) is 18.2 Å². The summed E-state index contributed by atoms with van der Waals surface area (Å²) in [6, 6.07) is 6.09. The van der Waals surface area contributed by atoms with Crippen LogP contribution in [0.25, 0.3) is 11.0 Å². The van der Waals surface area contributed by atoms with E-state index in [1.54, 1.807) is 0 Å². The van der Waals surface area contributed by atoms with Crippen LogP contribution in [0, 0.1) is 12.8 Å². The Bertz CT molecular complexity index is 776. The molecule has 0 bridgehead atoms. The molecule has 2 aromatic rings. The molecular weight excluding hydrogens is 342 g/mol. The normalized spacial score (nSPS) is 19.5. The van der Waals surface area contributed by atoms with Crippen LogP contribution in [0.5, 0.6) is 0 Å². The highest BCUT2D eigenvalue weighted by atomic mass is 16.5. The molecule has 27 heavy (non-hydrogen) atoms. The van der Waals surface area contributed by atoms with Crippen molar-refractivity contribution in [2.24, 2.45) is 5.92 Å². The minimum Gasteiger partial charge on any atom is -0.379 e. The van der Waals surface area contributed by atoms with E-state index < -0.39 is 0 Å². The van der Waals surface area contributed by atoms with Crippen molar-refractivity contribution in [3.8, 4) is 0 Å². The fraction of sp³-hybridized carbons (Fsp3) is 0.600. The minimum atomic E-state index is 0.0111. The molecule has 0 spiro atoms. The second-order valence-corrected chi connectivity index (χ2v) is 7.66. The maximum Gasteiger partial charge on any atom is 0.317 e. The molecule has 1 aromatic heterocycles. The van der Waals surface area contributed by atoms with Crippen molar-refractivity contribution in [2.45, 2.75) is 26.3 Å². The number of aryl methyl sites for hydroxylation is 1. The number of hydrogen-bond donors (Lipinski definition) is 2. The maximum absolute atomic E-state index is 12.5. The highest BCUT2D eigenvalue weighted by Gasteiger charge is 2.25. The first-order valence-corrected chi connectivity index (χ1v) is 9.96. The molecule has 2 N–H and O–H groups in total. The van der Waals surface area contributed by atoms with Gasteiger partial charge < -0.3 is 19.9 Å². The number of rotatable bonds is 4. The summed E-state index contributed by atoms with van der Waals surface area (Å²) in [6.45, 7) is 9.06. The fourth-order valence-corrected chi connectivity index (χ4v) is 4.05. The van der Waals surface area contributed by atoms with Gasteiger partial charge in [-0.3, -0.25) is 4.90 Å². The standard InChI is InChI=1S/C20H29N5O2/c1-15-3-2-4-17-19(15)23-18(22-17)13-21-20(26)25-7-5-16(6-8-25)14-24-9-11-27-12-10-24/h2-4,16H,5-14H2,1H3,(H,21,26)(H,22,23). The number of aromatic nitrogens is 2. The second-order valence-electron chi connectivity index (χ2n) is 7.66. The van der Waals surface area contributed by atoms with E-state index in [1.165, 1.54) is 0 Å². The van der Waals surface area contributed by atoms with E-state index in [1.807, 2.05) is 30.0 Å². The van der Waals surface area contributed by atoms with Crippen LogP contribution in [0.3, 0.4) is 0 Å². The van der Waals surface area contributed by atoms with Crippen LogP contribution in [0.2, 0.25) is 0 Å². The quantitative estimate of drug-likeness (QED) is 0.863. The zero-order valence-corrected chi connectivity index (χ0v) is 16.0. The van der Waals surface area contributed by atoms with Gasteiger partial charge in [-0.15, -0.1) is 0 Å². The summed E-state index contributed by atoms with van der Waals surface area (Å²) in [5, 5.41) is 3.01. The Balaban J connectivity index is 1.23. The van der Waals surface area contributed by atoms with Crippen LogP contribution in [-0.4, -0.2) is 71.7 Å². The van der Waals surface area contributed by atoms with Crippen molar-refractivity contribution in [3.63, 3.8) is 0 Å². The fourth-order valence-electron chi connectivity index (χ4n) is 4.05. The number of nitrogens with one attached hydrogen (secondary N) is 2. The van der Waals surface area contributed by atoms with Gasteiger partial charge in [0.15, 0.2) is 0 Å². The number of para-hydroxylation sites is 1. The molecule has 7 heteroatoms. The number of imidazole rings is 1. The van der Waals surface area contributed by atoms with Crippen LogP contribution < -0.4 is 5.32 Å². The van der Waals surface area contributed by atoms with E-state index in [4.69, 9.17) is 4.74 Å². The number of benzene rings is 1. The minimum absolute atomic E-state index is 0.0111. The number of piperidine rings is 1. The van der Waals surface area contributed by atoms with Crippen molar-refractivity contribution in [2.75, 3.05) is 45.9 Å². The molecule has 2 saturated heterocycles. The SMILES string of the molecule is Cc1cccc2[nH]c(CNC(=O)N3CCC(CN4CCOCC4)CC3)nc12. The molecule has 3 heterocycles. The molecule has 4 rings (SSSR count). The van der Waals surface area contributed by atoms with Gasteiger partial charge in [0.1, 0.15) is 5.82 Å². The monoisotopic (exact) mass is 371 g/mol. The number of aromatic amines is 1. The van der Waals surface area contributed by atoms with Gasteiger partial charge in [0.2, 0.25) is 0 Å². The van der Waals surface area contributed by atoms with Gasteiger partial charge in [-0.25, -0.2) is 9.78 Å². The lowest BCUT2D eigenvalue weighted by Crippen LogP contribution is -2.47. The van der Waals surface area contributed by atoms with E-state index >= 15 is 0 Å². The van der Waals surface area contributed by atoms with Crippen molar-refractivity contribution in [1.29, 1.82) is 0 Å². The van der Waals surface area contributed by atoms with Crippen LogP contribution in [0.1, 0.15) is 24.2 Å². The topological polar surface area (TPSA) is 73.5 Å². The highest BCUT2D eigenvalue weighted by molar-refractivity contribution is 5.79. The molecule has 2 fully saturated rings. The largest absolute Gasteiger partial charge is 0.379 e. The Morgan fingerprint density at radius 3 is 2.78 bits per heavy atom. The van der Waals surface area contributed by atoms with Gasteiger partial charge in [-0.1, -0.05) is 12.1 Å². The van der Waals surface area contributed by atoms with Crippen LogP contribution >= 0.6 is 0 Å². The number of fused-ring (bicyclic) bond motifs is 1. The van der Waals surface area contributed by atoms with Crippen LogP contribution in [0.4, 0.5) is 4.79 Å². The lowest BCUT2D eigenvalue weighted by Gasteiger charge is -2.36. The maximum atomic E-state index is 12.5. The number of hydrogen-bond acceptors (Lipinski definition) is 4. The summed E-state index contributed by atoms with van der Waals surface area (Å²) in [7, 11) is 0. The van der Waals surface area contributed by atoms with Gasteiger partial charge >= 0.3 is 6.03 Å². The number of H-pyrrole nitrogens is 1. The van der Waals surface area contributed by atoms with Gasteiger partial charge in [0, 0.05) is 32.7 Å². The Morgan fingerprint density at radius 2 is 2.04 bits per heavy atom. The first kappa shape index (κ1) is 18.3. The predicted octanol–water partition coefficient (Wildman–Crippen LogP) is 2.13. The van der Waals surface area contributed by atoms with Crippen molar-refractivity contribution in [3.05, 3.63) is 29.6 Å². The Labute approximate surface area is 160 Å². The number of likely N-dealkylation sites (tertiary alicyclic amines) is 1. The number of carbonyl (C=O) groups excluding carboxylic acids is 1. The molecular formula is C20H29N5O2. The Kier molecular flexibility index (Phi) is 5.59. The van der Waals surface area contributed by atoms with E-state index in [0.717, 1.165) is 81.2 Å². The third-order valence-electron chi connectivity index (χ3n) is 5.69.